The van der Waals surface area contributed by atoms with Crippen LogP contribution >= 0.6 is 0 Å². The van der Waals surface area contributed by atoms with Crippen LogP contribution in [0.15, 0.2) is 28.7 Å². The van der Waals surface area contributed by atoms with Gasteiger partial charge in [-0.25, -0.2) is 0 Å². The van der Waals surface area contributed by atoms with Gasteiger partial charge in [-0.15, -0.1) is 0 Å². The van der Waals surface area contributed by atoms with Gasteiger partial charge < -0.3 is 14.8 Å². The van der Waals surface area contributed by atoms with Gasteiger partial charge in [0.2, 0.25) is 0 Å². The summed E-state index contributed by atoms with van der Waals surface area (Å²) in [6, 6.07) is 6.34. The fraction of sp³-hybridized carbons (Fsp3) is 0.400. The van der Waals surface area contributed by atoms with Crippen molar-refractivity contribution < 1.29 is 15.7 Å². The summed E-state index contributed by atoms with van der Waals surface area (Å²) in [5, 5.41) is 12.8. The minimum absolute atomic E-state index is 0. The third-order valence-corrected chi connectivity index (χ3v) is 2.20. The van der Waals surface area contributed by atoms with Gasteiger partial charge in [0.1, 0.15) is 11.3 Å². The van der Waals surface area contributed by atoms with Gasteiger partial charge in [0.05, 0.1) is 0 Å². The Balaban J connectivity index is 0. The van der Waals surface area contributed by atoms with E-state index in [2.05, 4.69) is 12.2 Å². The van der Waals surface area contributed by atoms with Crippen LogP contribution in [-0.4, -0.2) is 24.5 Å². The van der Waals surface area contributed by atoms with E-state index < -0.39 is 0 Å². The number of carbonyl (C=O) groups is 1. The zero-order valence-electron chi connectivity index (χ0n) is 12.3. The van der Waals surface area contributed by atoms with Gasteiger partial charge >= 0.3 is 0 Å². The summed E-state index contributed by atoms with van der Waals surface area (Å²) in [6.45, 7) is 8.58. The standard InChI is InChI=1S/C10H8O3.C3H9N.C2H6.H2/c1-6(11)10-5-7-4-8(12)2-3-9(7)13-10;1-3-4-2;1-2;/h2-5,12H,1H3;4H,3H2,1-2H3;1-2H3;1H. The van der Waals surface area contributed by atoms with Crippen LogP contribution in [-0.2, 0) is 0 Å². The Hall–Kier alpha value is -1.81. The second kappa shape index (κ2) is 9.16. The first-order valence-corrected chi connectivity index (χ1v) is 6.46. The summed E-state index contributed by atoms with van der Waals surface area (Å²) in [7, 11) is 1.93. The Morgan fingerprint density at radius 2 is 1.95 bits per heavy atom. The number of aromatic hydroxyl groups is 1. The van der Waals surface area contributed by atoms with Crippen LogP contribution in [0.2, 0.25) is 0 Å². The molecule has 2 rings (SSSR count). The third-order valence-electron chi connectivity index (χ3n) is 2.20. The second-order valence-corrected chi connectivity index (χ2v) is 3.60. The molecule has 0 aliphatic carbocycles. The Morgan fingerprint density at radius 1 is 1.37 bits per heavy atom. The van der Waals surface area contributed by atoms with Crippen LogP contribution in [0.25, 0.3) is 11.0 Å². The van der Waals surface area contributed by atoms with Crippen molar-refractivity contribution in [1.82, 2.24) is 5.32 Å². The van der Waals surface area contributed by atoms with Crippen molar-refractivity contribution in [3.63, 3.8) is 0 Å². The third kappa shape index (κ3) is 5.57. The summed E-state index contributed by atoms with van der Waals surface area (Å²) >= 11 is 0. The van der Waals surface area contributed by atoms with Gasteiger partial charge in [-0.2, -0.15) is 0 Å². The summed E-state index contributed by atoms with van der Waals surface area (Å²) < 4.78 is 5.22. The molecule has 0 atom stereocenters. The highest BCUT2D eigenvalue weighted by molar-refractivity contribution is 5.96. The number of fused-ring (bicyclic) bond motifs is 1. The normalized spacial score (nSPS) is 9.11. The minimum Gasteiger partial charge on any atom is -0.508 e. The molecule has 4 nitrogen and oxygen atoms in total. The quantitative estimate of drug-likeness (QED) is 0.811. The van der Waals surface area contributed by atoms with Gasteiger partial charge in [-0.05, 0) is 37.9 Å². The highest BCUT2D eigenvalue weighted by atomic mass is 16.3. The van der Waals surface area contributed by atoms with E-state index in [4.69, 9.17) is 9.52 Å². The van der Waals surface area contributed by atoms with E-state index in [1.807, 2.05) is 20.9 Å². The molecular formula is C15H25NO3. The predicted octanol–water partition coefficient (Wildman–Crippen LogP) is 3.84. The van der Waals surface area contributed by atoms with Crippen LogP contribution < -0.4 is 5.32 Å². The lowest BCUT2D eigenvalue weighted by Gasteiger charge is -1.88. The summed E-state index contributed by atoms with van der Waals surface area (Å²) in [5.41, 5.74) is 0.614. The molecule has 108 valence electrons. The molecule has 0 unspecified atom stereocenters. The molecule has 2 N–H and O–H groups in total. The lowest BCUT2D eigenvalue weighted by molar-refractivity contribution is 0.0989. The van der Waals surface area contributed by atoms with Crippen molar-refractivity contribution in [2.45, 2.75) is 27.7 Å². The first-order chi connectivity index (χ1) is 9.08. The molecule has 0 saturated carbocycles. The van der Waals surface area contributed by atoms with E-state index in [-0.39, 0.29) is 13.0 Å². The zero-order chi connectivity index (χ0) is 14.8. The van der Waals surface area contributed by atoms with Gasteiger partial charge in [0.25, 0.3) is 0 Å². The molecule has 0 bridgehead atoms. The number of phenolic OH excluding ortho intramolecular Hbond substituents is 1. The second-order valence-electron chi connectivity index (χ2n) is 3.60. The Morgan fingerprint density at radius 3 is 2.42 bits per heavy atom. The number of carbonyl (C=O) groups excluding carboxylic acids is 1. The van der Waals surface area contributed by atoms with Crippen molar-refractivity contribution >= 4 is 16.8 Å². The smallest absolute Gasteiger partial charge is 0.194 e. The summed E-state index contributed by atoms with van der Waals surface area (Å²) in [5.74, 6) is 0.375. The average molecular weight is 267 g/mol. The molecular weight excluding hydrogens is 242 g/mol. The van der Waals surface area contributed by atoms with Crippen molar-refractivity contribution in [2.24, 2.45) is 0 Å². The molecule has 2 aromatic rings. The number of phenols is 1. The topological polar surface area (TPSA) is 62.5 Å². The number of rotatable bonds is 2. The molecule has 19 heavy (non-hydrogen) atoms. The molecule has 1 aromatic carbocycles. The number of hydrogen-bond acceptors (Lipinski definition) is 4. The van der Waals surface area contributed by atoms with Crippen molar-refractivity contribution in [3.05, 3.63) is 30.0 Å². The van der Waals surface area contributed by atoms with Gasteiger partial charge in [-0.1, -0.05) is 20.8 Å². The zero-order valence-corrected chi connectivity index (χ0v) is 12.3. The van der Waals surface area contributed by atoms with E-state index >= 15 is 0 Å². The summed E-state index contributed by atoms with van der Waals surface area (Å²) in [6.07, 6.45) is 0. The fourth-order valence-corrected chi connectivity index (χ4v) is 1.20. The maximum absolute atomic E-state index is 10.9. The largest absolute Gasteiger partial charge is 0.508 e. The number of nitrogens with one attached hydrogen (secondary N) is 1. The van der Waals surface area contributed by atoms with Crippen LogP contribution in [0.1, 0.15) is 39.7 Å². The van der Waals surface area contributed by atoms with Crippen molar-refractivity contribution in [1.29, 1.82) is 0 Å². The maximum atomic E-state index is 10.9. The lowest BCUT2D eigenvalue weighted by atomic mass is 10.2. The molecule has 1 heterocycles. The average Bonchev–Trinajstić information content (AvgIpc) is 2.84. The number of benzene rings is 1. The lowest BCUT2D eigenvalue weighted by Crippen LogP contribution is -2.01. The van der Waals surface area contributed by atoms with Crippen molar-refractivity contribution in [2.75, 3.05) is 13.6 Å². The molecule has 0 fully saturated rings. The number of hydrogen-bond donors (Lipinski definition) is 2. The molecule has 4 heteroatoms. The van der Waals surface area contributed by atoms with E-state index in [9.17, 15) is 4.79 Å². The SMILES string of the molecule is CC.CC(=O)c1cc2cc(O)ccc2o1.CCNC.[HH]. The molecule has 0 amide bonds. The monoisotopic (exact) mass is 267 g/mol. The Labute approximate surface area is 115 Å². The first-order valence-electron chi connectivity index (χ1n) is 6.46. The molecule has 0 radical (unpaired) electrons. The fourth-order valence-electron chi connectivity index (χ4n) is 1.20. The number of Topliss-reactive ketones (excluding diaryl/α,β-unsaturated/α-hetero) is 1. The molecule has 0 aliphatic rings. The highest BCUT2D eigenvalue weighted by Crippen LogP contribution is 2.23. The van der Waals surface area contributed by atoms with Crippen LogP contribution in [0, 0.1) is 0 Å². The van der Waals surface area contributed by atoms with Crippen LogP contribution in [0.3, 0.4) is 0 Å². The highest BCUT2D eigenvalue weighted by Gasteiger charge is 2.07. The molecule has 0 spiro atoms. The molecule has 0 aliphatic heterocycles. The van der Waals surface area contributed by atoms with E-state index in [1.165, 1.54) is 13.0 Å². The van der Waals surface area contributed by atoms with Crippen LogP contribution in [0.4, 0.5) is 0 Å². The van der Waals surface area contributed by atoms with E-state index in [1.54, 1.807) is 18.2 Å². The number of furan rings is 1. The Bertz CT molecular complexity index is 507. The first kappa shape index (κ1) is 17.2. The number of ketones is 1. The molecule has 0 saturated heterocycles. The Kier molecular flexibility index (Phi) is 8.29. The summed E-state index contributed by atoms with van der Waals surface area (Å²) in [4.78, 5) is 10.9. The van der Waals surface area contributed by atoms with Crippen molar-refractivity contribution in [3.8, 4) is 5.75 Å². The van der Waals surface area contributed by atoms with Gasteiger partial charge in [0.15, 0.2) is 11.5 Å². The minimum atomic E-state index is -0.115. The van der Waals surface area contributed by atoms with Gasteiger partial charge in [-0.3, -0.25) is 4.79 Å². The van der Waals surface area contributed by atoms with E-state index in [0.29, 0.717) is 11.3 Å². The maximum Gasteiger partial charge on any atom is 0.194 e. The van der Waals surface area contributed by atoms with Crippen LogP contribution in [0.5, 0.6) is 5.75 Å². The van der Waals surface area contributed by atoms with E-state index in [0.717, 1.165) is 11.9 Å². The van der Waals surface area contributed by atoms with Gasteiger partial charge in [0, 0.05) is 13.7 Å². The molecule has 1 aromatic heterocycles. The predicted molar refractivity (Wildman–Crippen MR) is 80.9 cm³/mol.